The molecule has 0 spiro atoms. The van der Waals surface area contributed by atoms with Crippen molar-refractivity contribution >= 4 is 11.0 Å². The van der Waals surface area contributed by atoms with Gasteiger partial charge < -0.3 is 10.1 Å². The highest BCUT2D eigenvalue weighted by atomic mass is 16.3. The van der Waals surface area contributed by atoms with Crippen molar-refractivity contribution in [1.82, 2.24) is 9.97 Å². The summed E-state index contributed by atoms with van der Waals surface area (Å²) in [6, 6.07) is 4.19. The monoisotopic (exact) mass is 258 g/mol. The van der Waals surface area contributed by atoms with Crippen LogP contribution < -0.4 is 0 Å². The summed E-state index contributed by atoms with van der Waals surface area (Å²) >= 11 is 0. The molecule has 0 bridgehead atoms. The van der Waals surface area contributed by atoms with E-state index in [9.17, 15) is 5.11 Å². The van der Waals surface area contributed by atoms with Gasteiger partial charge in [-0.3, -0.25) is 0 Å². The largest absolute Gasteiger partial charge is 0.384 e. The lowest BCUT2D eigenvalue weighted by molar-refractivity contribution is 0.0407. The summed E-state index contributed by atoms with van der Waals surface area (Å²) in [7, 11) is 0. The lowest BCUT2D eigenvalue weighted by Gasteiger charge is -2.20. The number of H-pyrrole nitrogens is 1. The Balaban J connectivity index is 2.16. The Hall–Kier alpha value is -1.35. The van der Waals surface area contributed by atoms with Gasteiger partial charge in [-0.25, -0.2) is 4.98 Å². The summed E-state index contributed by atoms with van der Waals surface area (Å²) in [5.41, 5.74) is 2.52. The normalized spacial score (nSPS) is 19.2. The second-order valence-corrected chi connectivity index (χ2v) is 6.79. The molecule has 0 aliphatic heterocycles. The lowest BCUT2D eigenvalue weighted by atomic mass is 9.85. The summed E-state index contributed by atoms with van der Waals surface area (Å²) in [4.78, 5) is 7.74. The first-order valence-electron chi connectivity index (χ1n) is 7.11. The van der Waals surface area contributed by atoms with Crippen molar-refractivity contribution in [3.05, 3.63) is 29.6 Å². The van der Waals surface area contributed by atoms with Crippen LogP contribution in [0.2, 0.25) is 0 Å². The minimum Gasteiger partial charge on any atom is -0.384 e. The number of rotatable bonds is 1. The SMILES string of the molecule is CC(C)(C)c1ccnc2[nH]c(C3(O)CCCC3)cc12. The molecule has 0 saturated heterocycles. The van der Waals surface area contributed by atoms with E-state index in [4.69, 9.17) is 0 Å². The molecule has 3 nitrogen and oxygen atoms in total. The van der Waals surface area contributed by atoms with Crippen LogP contribution >= 0.6 is 0 Å². The van der Waals surface area contributed by atoms with Gasteiger partial charge in [0.25, 0.3) is 0 Å². The maximum Gasteiger partial charge on any atom is 0.137 e. The van der Waals surface area contributed by atoms with E-state index in [2.05, 4.69) is 42.9 Å². The molecule has 2 aromatic heterocycles. The molecule has 0 unspecified atom stereocenters. The quantitative estimate of drug-likeness (QED) is 0.820. The summed E-state index contributed by atoms with van der Waals surface area (Å²) in [5, 5.41) is 11.8. The highest BCUT2D eigenvalue weighted by molar-refractivity contribution is 5.81. The average molecular weight is 258 g/mol. The Morgan fingerprint density at radius 1 is 1.26 bits per heavy atom. The molecule has 3 rings (SSSR count). The van der Waals surface area contributed by atoms with Crippen molar-refractivity contribution in [3.63, 3.8) is 0 Å². The second-order valence-electron chi connectivity index (χ2n) is 6.79. The summed E-state index contributed by atoms with van der Waals surface area (Å²) < 4.78 is 0. The Morgan fingerprint density at radius 3 is 2.58 bits per heavy atom. The minimum absolute atomic E-state index is 0.0823. The van der Waals surface area contributed by atoms with Crippen molar-refractivity contribution in [2.24, 2.45) is 0 Å². The van der Waals surface area contributed by atoms with Gasteiger partial charge in [-0.1, -0.05) is 33.6 Å². The Labute approximate surface area is 114 Å². The van der Waals surface area contributed by atoms with Gasteiger partial charge >= 0.3 is 0 Å². The molecule has 2 aromatic rings. The number of aromatic amines is 1. The summed E-state index contributed by atoms with van der Waals surface area (Å²) in [6.07, 6.45) is 5.76. The third kappa shape index (κ3) is 2.06. The van der Waals surface area contributed by atoms with Crippen LogP contribution in [0.3, 0.4) is 0 Å². The number of nitrogens with one attached hydrogen (secondary N) is 1. The lowest BCUT2D eigenvalue weighted by Crippen LogP contribution is -2.21. The van der Waals surface area contributed by atoms with Crippen LogP contribution in [-0.4, -0.2) is 15.1 Å². The van der Waals surface area contributed by atoms with Crippen molar-refractivity contribution in [3.8, 4) is 0 Å². The first-order chi connectivity index (χ1) is 8.90. The molecular weight excluding hydrogens is 236 g/mol. The van der Waals surface area contributed by atoms with Gasteiger partial charge in [0, 0.05) is 17.3 Å². The molecule has 0 amide bonds. The van der Waals surface area contributed by atoms with Crippen molar-refractivity contribution in [2.45, 2.75) is 57.5 Å². The van der Waals surface area contributed by atoms with Gasteiger partial charge in [0.1, 0.15) is 11.2 Å². The number of hydrogen-bond acceptors (Lipinski definition) is 2. The highest BCUT2D eigenvalue weighted by Crippen LogP contribution is 2.40. The average Bonchev–Trinajstić information content (AvgIpc) is 2.93. The zero-order chi connectivity index (χ0) is 13.7. The van der Waals surface area contributed by atoms with Crippen LogP contribution in [0.1, 0.15) is 57.7 Å². The van der Waals surface area contributed by atoms with Crippen LogP contribution in [-0.2, 0) is 11.0 Å². The topological polar surface area (TPSA) is 48.9 Å². The van der Waals surface area contributed by atoms with Gasteiger partial charge in [-0.05, 0) is 36.0 Å². The van der Waals surface area contributed by atoms with Gasteiger partial charge in [-0.15, -0.1) is 0 Å². The highest BCUT2D eigenvalue weighted by Gasteiger charge is 2.35. The molecular formula is C16H22N2O. The summed E-state index contributed by atoms with van der Waals surface area (Å²) in [5.74, 6) is 0. The van der Waals surface area contributed by atoms with E-state index in [1.165, 1.54) is 5.56 Å². The number of fused-ring (bicyclic) bond motifs is 1. The maximum atomic E-state index is 10.7. The number of pyridine rings is 1. The zero-order valence-corrected chi connectivity index (χ0v) is 12.0. The molecule has 2 N–H and O–H groups in total. The zero-order valence-electron chi connectivity index (χ0n) is 12.0. The van der Waals surface area contributed by atoms with Gasteiger partial charge in [0.05, 0.1) is 0 Å². The second kappa shape index (κ2) is 4.07. The molecule has 1 aliphatic rings. The first-order valence-corrected chi connectivity index (χ1v) is 7.11. The van der Waals surface area contributed by atoms with Crippen molar-refractivity contribution in [1.29, 1.82) is 0 Å². The molecule has 0 aromatic carbocycles. The summed E-state index contributed by atoms with van der Waals surface area (Å²) in [6.45, 7) is 6.62. The van der Waals surface area contributed by atoms with Gasteiger partial charge in [0.2, 0.25) is 0 Å². The van der Waals surface area contributed by atoms with E-state index in [0.29, 0.717) is 0 Å². The number of aromatic nitrogens is 2. The standard InChI is InChI=1S/C16H22N2O/c1-15(2,3)12-6-9-17-14-11(12)10-13(18-14)16(19)7-4-5-8-16/h6,9-10,19H,4-5,7-8H2,1-3H3,(H,17,18). The van der Waals surface area contributed by atoms with Gasteiger partial charge in [0.15, 0.2) is 0 Å². The molecule has 102 valence electrons. The van der Waals surface area contributed by atoms with E-state index in [1.807, 2.05) is 6.20 Å². The number of aliphatic hydroxyl groups is 1. The molecule has 2 heterocycles. The fraction of sp³-hybridized carbons (Fsp3) is 0.562. The minimum atomic E-state index is -0.671. The van der Waals surface area contributed by atoms with Crippen LogP contribution in [0.5, 0.6) is 0 Å². The molecule has 3 heteroatoms. The van der Waals surface area contributed by atoms with Crippen molar-refractivity contribution in [2.75, 3.05) is 0 Å². The maximum absolute atomic E-state index is 10.7. The van der Waals surface area contributed by atoms with Crippen LogP contribution in [0, 0.1) is 0 Å². The van der Waals surface area contributed by atoms with Crippen LogP contribution in [0.25, 0.3) is 11.0 Å². The molecule has 0 radical (unpaired) electrons. The Kier molecular flexibility index (Phi) is 2.72. The van der Waals surface area contributed by atoms with Crippen LogP contribution in [0.4, 0.5) is 0 Å². The third-order valence-corrected chi connectivity index (χ3v) is 4.27. The van der Waals surface area contributed by atoms with Crippen molar-refractivity contribution < 1.29 is 5.11 Å². The number of hydrogen-bond donors (Lipinski definition) is 2. The Morgan fingerprint density at radius 2 is 1.95 bits per heavy atom. The van der Waals surface area contributed by atoms with E-state index < -0.39 is 5.60 Å². The fourth-order valence-corrected chi connectivity index (χ4v) is 3.16. The molecule has 1 aliphatic carbocycles. The van der Waals surface area contributed by atoms with E-state index in [0.717, 1.165) is 42.4 Å². The molecule has 1 saturated carbocycles. The van der Waals surface area contributed by atoms with Crippen LogP contribution in [0.15, 0.2) is 18.3 Å². The third-order valence-electron chi connectivity index (χ3n) is 4.27. The molecule has 19 heavy (non-hydrogen) atoms. The predicted molar refractivity (Wildman–Crippen MR) is 77.2 cm³/mol. The van der Waals surface area contributed by atoms with E-state index >= 15 is 0 Å². The molecule has 1 fully saturated rings. The molecule has 0 atom stereocenters. The smallest absolute Gasteiger partial charge is 0.137 e. The van der Waals surface area contributed by atoms with Gasteiger partial charge in [-0.2, -0.15) is 0 Å². The fourth-order valence-electron chi connectivity index (χ4n) is 3.16. The Bertz CT molecular complexity index is 601. The first kappa shape index (κ1) is 12.7. The van der Waals surface area contributed by atoms with E-state index in [1.54, 1.807) is 0 Å². The number of nitrogens with zero attached hydrogens (tertiary/aromatic N) is 1. The predicted octanol–water partition coefficient (Wildman–Crippen LogP) is 3.62. The van der Waals surface area contributed by atoms with E-state index in [-0.39, 0.29) is 5.41 Å².